The van der Waals surface area contributed by atoms with Gasteiger partial charge in [0, 0.05) is 24.4 Å². The molecule has 3 rings (SSSR count). The van der Waals surface area contributed by atoms with Crippen LogP contribution in [0.2, 0.25) is 0 Å². The molecular weight excluding hydrogens is 392 g/mol. The van der Waals surface area contributed by atoms with E-state index in [1.165, 1.54) is 17.5 Å². The van der Waals surface area contributed by atoms with Gasteiger partial charge in [0.15, 0.2) is 11.5 Å². The Kier molecular flexibility index (Phi) is 6.12. The van der Waals surface area contributed by atoms with Gasteiger partial charge in [-0.25, -0.2) is 8.42 Å². The van der Waals surface area contributed by atoms with E-state index in [1.807, 2.05) is 6.92 Å². The number of carbonyl (C=O) groups is 1. The van der Waals surface area contributed by atoms with E-state index in [4.69, 9.17) is 9.47 Å². The van der Waals surface area contributed by atoms with Gasteiger partial charge >= 0.3 is 0 Å². The van der Waals surface area contributed by atoms with Crippen LogP contribution >= 0.6 is 0 Å². The number of ether oxygens (including phenoxy) is 2. The van der Waals surface area contributed by atoms with E-state index < -0.39 is 10.0 Å². The van der Waals surface area contributed by atoms with E-state index in [2.05, 4.69) is 5.32 Å². The normalized spacial score (nSPS) is 15.5. The molecule has 2 aromatic carbocycles. The molecular formula is C21H24N2O5S. The van der Waals surface area contributed by atoms with Crippen molar-refractivity contribution in [2.24, 2.45) is 0 Å². The number of hydrogen-bond acceptors (Lipinski definition) is 5. The highest BCUT2D eigenvalue weighted by molar-refractivity contribution is 7.93. The van der Waals surface area contributed by atoms with Crippen molar-refractivity contribution in [3.05, 3.63) is 53.6 Å². The van der Waals surface area contributed by atoms with Crippen LogP contribution in [0.4, 0.5) is 11.4 Å². The molecule has 7 nitrogen and oxygen atoms in total. The lowest BCUT2D eigenvalue weighted by atomic mass is 10.1. The summed E-state index contributed by atoms with van der Waals surface area (Å²) in [7, 11) is -0.101. The first-order valence-electron chi connectivity index (χ1n) is 9.16. The highest BCUT2D eigenvalue weighted by Gasteiger charge is 2.28. The van der Waals surface area contributed by atoms with Crippen molar-refractivity contribution in [2.75, 3.05) is 36.1 Å². The van der Waals surface area contributed by atoms with Crippen molar-refractivity contribution >= 4 is 33.4 Å². The summed E-state index contributed by atoms with van der Waals surface area (Å²) in [6.45, 7) is 2.37. The second-order valence-electron chi connectivity index (χ2n) is 6.68. The second-order valence-corrected chi connectivity index (χ2v) is 8.69. The minimum absolute atomic E-state index is 0.185. The molecule has 0 radical (unpaired) electrons. The lowest BCUT2D eigenvalue weighted by Gasteiger charge is -2.16. The molecule has 1 saturated heterocycles. The van der Waals surface area contributed by atoms with Crippen LogP contribution in [0.25, 0.3) is 6.08 Å². The van der Waals surface area contributed by atoms with Gasteiger partial charge in [-0.15, -0.1) is 0 Å². The fourth-order valence-corrected chi connectivity index (χ4v) is 4.71. The standard InChI is InChI=1S/C21H24N2O5S/c1-15-13-19(27-2)20(28-3)14-18(15)22-21(24)10-7-16-5-8-17(9-6-16)23-11-4-12-29(23,25)26/h5-10,13-14H,4,11-12H2,1-3H3,(H,22,24)/b10-7+. The highest BCUT2D eigenvalue weighted by Crippen LogP contribution is 2.33. The maximum atomic E-state index is 12.3. The van der Waals surface area contributed by atoms with Gasteiger partial charge in [-0.2, -0.15) is 0 Å². The molecule has 0 spiro atoms. The molecule has 0 bridgehead atoms. The molecule has 0 aromatic heterocycles. The molecule has 1 fully saturated rings. The monoisotopic (exact) mass is 416 g/mol. The molecule has 0 saturated carbocycles. The van der Waals surface area contributed by atoms with Crippen LogP contribution in [0.5, 0.6) is 11.5 Å². The number of rotatable bonds is 6. The summed E-state index contributed by atoms with van der Waals surface area (Å²) < 4.78 is 35.9. The first-order valence-corrected chi connectivity index (χ1v) is 10.8. The molecule has 1 N–H and O–H groups in total. The van der Waals surface area contributed by atoms with Gasteiger partial charge < -0.3 is 14.8 Å². The smallest absolute Gasteiger partial charge is 0.248 e. The number of anilines is 2. The topological polar surface area (TPSA) is 84.9 Å². The summed E-state index contributed by atoms with van der Waals surface area (Å²) in [4.78, 5) is 12.3. The van der Waals surface area contributed by atoms with Crippen LogP contribution in [-0.4, -0.2) is 40.8 Å². The fourth-order valence-electron chi connectivity index (χ4n) is 3.14. The summed E-state index contributed by atoms with van der Waals surface area (Å²) in [5.74, 6) is 1.03. The number of nitrogens with one attached hydrogen (secondary N) is 1. The Balaban J connectivity index is 1.68. The molecule has 2 aromatic rings. The molecule has 29 heavy (non-hydrogen) atoms. The SMILES string of the molecule is COc1cc(C)c(NC(=O)/C=C/c2ccc(N3CCCS3(=O)=O)cc2)cc1OC. The van der Waals surface area contributed by atoms with E-state index in [0.29, 0.717) is 35.8 Å². The number of benzene rings is 2. The second kappa shape index (κ2) is 8.57. The first-order chi connectivity index (χ1) is 13.8. The van der Waals surface area contributed by atoms with Gasteiger partial charge in [0.2, 0.25) is 15.9 Å². The van der Waals surface area contributed by atoms with E-state index in [0.717, 1.165) is 11.1 Å². The van der Waals surface area contributed by atoms with E-state index in [9.17, 15) is 13.2 Å². The third kappa shape index (κ3) is 4.71. The van der Waals surface area contributed by atoms with Crippen molar-refractivity contribution in [3.8, 4) is 11.5 Å². The largest absolute Gasteiger partial charge is 0.493 e. The molecule has 1 heterocycles. The fraction of sp³-hybridized carbons (Fsp3) is 0.286. The number of nitrogens with zero attached hydrogens (tertiary/aromatic N) is 1. The number of sulfonamides is 1. The lowest BCUT2D eigenvalue weighted by molar-refractivity contribution is -0.111. The Labute approximate surface area is 171 Å². The van der Waals surface area contributed by atoms with Gasteiger partial charge in [0.05, 0.1) is 25.7 Å². The number of amides is 1. The van der Waals surface area contributed by atoms with Crippen LogP contribution < -0.4 is 19.1 Å². The average Bonchev–Trinajstić information content (AvgIpc) is 3.07. The Morgan fingerprint density at radius 2 is 1.76 bits per heavy atom. The molecule has 0 atom stereocenters. The van der Waals surface area contributed by atoms with Gasteiger partial charge in [-0.1, -0.05) is 12.1 Å². The van der Waals surface area contributed by atoms with E-state index in [-0.39, 0.29) is 11.7 Å². The number of hydrogen-bond donors (Lipinski definition) is 1. The maximum absolute atomic E-state index is 12.3. The van der Waals surface area contributed by atoms with Gasteiger partial charge in [0.1, 0.15) is 0 Å². The van der Waals surface area contributed by atoms with E-state index in [1.54, 1.807) is 49.6 Å². The van der Waals surface area contributed by atoms with E-state index >= 15 is 0 Å². The molecule has 154 valence electrons. The molecule has 1 amide bonds. The lowest BCUT2D eigenvalue weighted by Crippen LogP contribution is -2.24. The zero-order chi connectivity index (χ0) is 21.0. The Hall–Kier alpha value is -3.00. The molecule has 1 aliphatic rings. The Morgan fingerprint density at radius 3 is 2.34 bits per heavy atom. The quantitative estimate of drug-likeness (QED) is 0.731. The first kappa shape index (κ1) is 20.7. The number of carbonyl (C=O) groups excluding carboxylic acids is 1. The summed E-state index contributed by atoms with van der Waals surface area (Å²) in [5.41, 5.74) is 2.92. The van der Waals surface area contributed by atoms with Crippen molar-refractivity contribution in [1.82, 2.24) is 0 Å². The average molecular weight is 416 g/mol. The summed E-state index contributed by atoms with van der Waals surface area (Å²) >= 11 is 0. The van der Waals surface area contributed by atoms with Gasteiger partial charge in [0.25, 0.3) is 0 Å². The van der Waals surface area contributed by atoms with Crippen molar-refractivity contribution in [2.45, 2.75) is 13.3 Å². The van der Waals surface area contributed by atoms with Crippen LogP contribution in [0.3, 0.4) is 0 Å². The molecule has 0 aliphatic carbocycles. The van der Waals surface area contributed by atoms with Crippen LogP contribution in [0.1, 0.15) is 17.5 Å². The summed E-state index contributed by atoms with van der Waals surface area (Å²) in [6, 6.07) is 10.6. The molecule has 8 heteroatoms. The summed E-state index contributed by atoms with van der Waals surface area (Å²) in [5, 5.41) is 2.82. The van der Waals surface area contributed by atoms with Crippen LogP contribution in [0, 0.1) is 6.92 Å². The van der Waals surface area contributed by atoms with Crippen molar-refractivity contribution in [1.29, 1.82) is 0 Å². The van der Waals surface area contributed by atoms with Crippen LogP contribution in [0.15, 0.2) is 42.5 Å². The number of aryl methyl sites for hydroxylation is 1. The Morgan fingerprint density at radius 1 is 1.10 bits per heavy atom. The van der Waals surface area contributed by atoms with Gasteiger partial charge in [-0.3, -0.25) is 9.10 Å². The molecule has 1 aliphatic heterocycles. The molecule has 0 unspecified atom stereocenters. The predicted molar refractivity (Wildman–Crippen MR) is 114 cm³/mol. The minimum atomic E-state index is -3.20. The van der Waals surface area contributed by atoms with Crippen LogP contribution in [-0.2, 0) is 14.8 Å². The summed E-state index contributed by atoms with van der Waals surface area (Å²) in [6.07, 6.45) is 3.74. The minimum Gasteiger partial charge on any atom is -0.493 e. The zero-order valence-electron chi connectivity index (χ0n) is 16.6. The third-order valence-corrected chi connectivity index (χ3v) is 6.57. The maximum Gasteiger partial charge on any atom is 0.248 e. The zero-order valence-corrected chi connectivity index (χ0v) is 17.5. The third-order valence-electron chi connectivity index (χ3n) is 4.70. The Bertz CT molecular complexity index is 1030. The van der Waals surface area contributed by atoms with Crippen molar-refractivity contribution in [3.63, 3.8) is 0 Å². The van der Waals surface area contributed by atoms with Gasteiger partial charge in [-0.05, 0) is 48.7 Å². The number of methoxy groups -OCH3 is 2. The predicted octanol–water partition coefficient (Wildman–Crippen LogP) is 3.20. The highest BCUT2D eigenvalue weighted by atomic mass is 32.2. The van der Waals surface area contributed by atoms with Crippen molar-refractivity contribution < 1.29 is 22.7 Å².